The second-order valence-corrected chi connectivity index (χ2v) is 2.23. The molecule has 0 rings (SSSR count). The number of carbonyl (C=O) groups is 1. The van der Waals surface area contributed by atoms with Gasteiger partial charge in [-0.2, -0.15) is 0 Å². The Bertz CT molecular complexity index is 275. The van der Waals surface area contributed by atoms with Crippen molar-refractivity contribution >= 4 is 11.7 Å². The van der Waals surface area contributed by atoms with Gasteiger partial charge in [0, 0.05) is 0 Å². The van der Waals surface area contributed by atoms with E-state index in [9.17, 15) is 4.79 Å². The summed E-state index contributed by atoms with van der Waals surface area (Å²) >= 11 is 0. The van der Waals surface area contributed by atoms with Crippen molar-refractivity contribution in [1.82, 2.24) is 5.32 Å². The standard InChI is InChI=1S/C7H13N5O/c1-3-11-7(12-4(2)8)5(9)6(10)13/h3,11H,1,9H2,2H3,(H2,8,12)(H2,10,13)/b7-5+. The Labute approximate surface area is 76.2 Å². The van der Waals surface area contributed by atoms with E-state index in [2.05, 4.69) is 16.9 Å². The van der Waals surface area contributed by atoms with Crippen molar-refractivity contribution in [1.29, 1.82) is 0 Å². The number of hydrogen-bond donors (Lipinski definition) is 4. The van der Waals surface area contributed by atoms with Gasteiger partial charge in [0.15, 0.2) is 5.82 Å². The first-order chi connectivity index (χ1) is 5.99. The molecule has 72 valence electrons. The van der Waals surface area contributed by atoms with Gasteiger partial charge in [0.05, 0.1) is 5.84 Å². The van der Waals surface area contributed by atoms with E-state index in [0.29, 0.717) is 0 Å². The summed E-state index contributed by atoms with van der Waals surface area (Å²) in [6.45, 7) is 4.94. The second-order valence-electron chi connectivity index (χ2n) is 2.23. The minimum atomic E-state index is -0.769. The third-order valence-electron chi connectivity index (χ3n) is 1.05. The molecule has 0 aromatic heterocycles. The highest BCUT2D eigenvalue weighted by Gasteiger charge is 2.06. The zero-order chi connectivity index (χ0) is 10.4. The summed E-state index contributed by atoms with van der Waals surface area (Å²) in [6, 6.07) is 0. The molecule has 6 heteroatoms. The van der Waals surface area contributed by atoms with Crippen LogP contribution < -0.4 is 22.5 Å². The van der Waals surface area contributed by atoms with Crippen molar-refractivity contribution in [2.45, 2.75) is 6.92 Å². The van der Waals surface area contributed by atoms with E-state index in [-0.39, 0.29) is 17.4 Å². The molecule has 0 fully saturated rings. The summed E-state index contributed by atoms with van der Waals surface area (Å²) in [5.41, 5.74) is 15.4. The maximum absolute atomic E-state index is 10.7. The molecule has 0 radical (unpaired) electrons. The average Bonchev–Trinajstić information content (AvgIpc) is 2.01. The number of amidine groups is 1. The Hall–Kier alpha value is -1.98. The van der Waals surface area contributed by atoms with E-state index in [1.54, 1.807) is 6.92 Å². The van der Waals surface area contributed by atoms with Crippen LogP contribution in [-0.4, -0.2) is 11.7 Å². The molecule has 6 nitrogen and oxygen atoms in total. The predicted molar refractivity (Wildman–Crippen MR) is 51.0 cm³/mol. The van der Waals surface area contributed by atoms with Gasteiger partial charge in [-0.3, -0.25) is 4.79 Å². The minimum Gasteiger partial charge on any atom is -0.391 e. The molecule has 0 aliphatic carbocycles. The van der Waals surface area contributed by atoms with Crippen molar-refractivity contribution in [2.24, 2.45) is 22.2 Å². The summed E-state index contributed by atoms with van der Waals surface area (Å²) < 4.78 is 0. The van der Waals surface area contributed by atoms with Gasteiger partial charge >= 0.3 is 0 Å². The predicted octanol–water partition coefficient (Wildman–Crippen LogP) is -1.29. The number of hydrogen-bond acceptors (Lipinski definition) is 4. The molecule has 0 atom stereocenters. The monoisotopic (exact) mass is 183 g/mol. The molecule has 0 spiro atoms. The second kappa shape index (κ2) is 4.81. The average molecular weight is 183 g/mol. The summed E-state index contributed by atoms with van der Waals surface area (Å²) in [5.74, 6) is -0.412. The van der Waals surface area contributed by atoms with Crippen molar-refractivity contribution in [3.05, 3.63) is 24.3 Å². The molecule has 0 bridgehead atoms. The normalized spacial score (nSPS) is 13.2. The third-order valence-corrected chi connectivity index (χ3v) is 1.05. The first-order valence-corrected chi connectivity index (χ1v) is 3.46. The summed E-state index contributed by atoms with van der Waals surface area (Å²) in [5, 5.41) is 2.55. The van der Waals surface area contributed by atoms with E-state index in [4.69, 9.17) is 17.2 Å². The smallest absolute Gasteiger partial charge is 0.268 e. The molecule has 0 aliphatic heterocycles. The lowest BCUT2D eigenvalue weighted by Gasteiger charge is -2.04. The molecular weight excluding hydrogens is 170 g/mol. The molecule has 0 aromatic carbocycles. The Morgan fingerprint density at radius 3 is 2.31 bits per heavy atom. The lowest BCUT2D eigenvalue weighted by atomic mass is 10.4. The van der Waals surface area contributed by atoms with E-state index >= 15 is 0 Å². The van der Waals surface area contributed by atoms with Crippen LogP contribution in [0.1, 0.15) is 6.92 Å². The van der Waals surface area contributed by atoms with Crippen molar-refractivity contribution in [3.63, 3.8) is 0 Å². The zero-order valence-electron chi connectivity index (χ0n) is 7.37. The van der Waals surface area contributed by atoms with Gasteiger partial charge in [0.25, 0.3) is 5.91 Å². The molecule has 13 heavy (non-hydrogen) atoms. The maximum atomic E-state index is 10.7. The largest absolute Gasteiger partial charge is 0.391 e. The first kappa shape index (κ1) is 11.0. The van der Waals surface area contributed by atoms with Crippen molar-refractivity contribution in [3.8, 4) is 0 Å². The number of amides is 1. The number of nitrogens with two attached hydrogens (primary N) is 3. The number of carbonyl (C=O) groups excluding carboxylic acids is 1. The van der Waals surface area contributed by atoms with Gasteiger partial charge in [-0.05, 0) is 13.1 Å². The fourth-order valence-electron chi connectivity index (χ4n) is 0.560. The van der Waals surface area contributed by atoms with Crippen LogP contribution in [0.2, 0.25) is 0 Å². The number of nitrogens with one attached hydrogen (secondary N) is 1. The van der Waals surface area contributed by atoms with E-state index in [1.165, 1.54) is 6.20 Å². The first-order valence-electron chi connectivity index (χ1n) is 3.46. The molecule has 0 aliphatic rings. The van der Waals surface area contributed by atoms with Gasteiger partial charge in [0.2, 0.25) is 0 Å². The zero-order valence-corrected chi connectivity index (χ0v) is 7.37. The van der Waals surface area contributed by atoms with Crippen LogP contribution >= 0.6 is 0 Å². The topological polar surface area (TPSA) is 120 Å². The van der Waals surface area contributed by atoms with Crippen LogP contribution in [0.5, 0.6) is 0 Å². The Balaban J connectivity index is 4.99. The Morgan fingerprint density at radius 1 is 1.46 bits per heavy atom. The van der Waals surface area contributed by atoms with Gasteiger partial charge in [-0.1, -0.05) is 6.58 Å². The number of rotatable bonds is 4. The molecule has 0 saturated heterocycles. The van der Waals surface area contributed by atoms with Gasteiger partial charge in [-0.25, -0.2) is 4.99 Å². The highest BCUT2D eigenvalue weighted by molar-refractivity contribution is 5.92. The van der Waals surface area contributed by atoms with Crippen LogP contribution in [0.3, 0.4) is 0 Å². The maximum Gasteiger partial charge on any atom is 0.268 e. The van der Waals surface area contributed by atoms with Crippen LogP contribution in [0.15, 0.2) is 29.3 Å². The quantitative estimate of drug-likeness (QED) is 0.246. The summed E-state index contributed by atoms with van der Waals surface area (Å²) in [4.78, 5) is 14.4. The van der Waals surface area contributed by atoms with Crippen LogP contribution in [-0.2, 0) is 4.79 Å². The number of nitrogens with zero attached hydrogens (tertiary/aromatic N) is 1. The molecule has 7 N–H and O–H groups in total. The fourth-order valence-corrected chi connectivity index (χ4v) is 0.560. The lowest BCUT2D eigenvalue weighted by Crippen LogP contribution is -2.26. The van der Waals surface area contributed by atoms with Gasteiger partial charge in [0.1, 0.15) is 5.70 Å². The summed E-state index contributed by atoms with van der Waals surface area (Å²) in [6.07, 6.45) is 1.32. The van der Waals surface area contributed by atoms with Crippen LogP contribution in [0, 0.1) is 0 Å². The summed E-state index contributed by atoms with van der Waals surface area (Å²) in [7, 11) is 0. The molecule has 0 heterocycles. The SMILES string of the molecule is C=CN/C(N=C(C)N)=C(\N)C(N)=O. The van der Waals surface area contributed by atoms with Crippen LogP contribution in [0.4, 0.5) is 0 Å². The molecule has 0 saturated carbocycles. The van der Waals surface area contributed by atoms with Gasteiger partial charge in [-0.15, -0.1) is 0 Å². The molecule has 0 unspecified atom stereocenters. The van der Waals surface area contributed by atoms with E-state index in [0.717, 1.165) is 0 Å². The van der Waals surface area contributed by atoms with Crippen molar-refractivity contribution in [2.75, 3.05) is 0 Å². The molecule has 0 aromatic rings. The fraction of sp³-hybridized carbons (Fsp3) is 0.143. The van der Waals surface area contributed by atoms with Crippen molar-refractivity contribution < 1.29 is 4.79 Å². The Kier molecular flexibility index (Phi) is 4.08. The number of aliphatic imine (C=N–C) groups is 1. The molecular formula is C7H13N5O. The number of primary amides is 1. The molecule has 1 amide bonds. The van der Waals surface area contributed by atoms with E-state index < -0.39 is 5.91 Å². The third kappa shape index (κ3) is 3.80. The minimum absolute atomic E-state index is 0.0995. The van der Waals surface area contributed by atoms with Crippen LogP contribution in [0.25, 0.3) is 0 Å². The highest BCUT2D eigenvalue weighted by atomic mass is 16.1. The highest BCUT2D eigenvalue weighted by Crippen LogP contribution is 1.96. The van der Waals surface area contributed by atoms with E-state index in [1.807, 2.05) is 0 Å². The Morgan fingerprint density at radius 2 is 2.00 bits per heavy atom. The van der Waals surface area contributed by atoms with Gasteiger partial charge < -0.3 is 22.5 Å². The lowest BCUT2D eigenvalue weighted by molar-refractivity contribution is -0.114.